The van der Waals surface area contributed by atoms with Crippen molar-refractivity contribution in [1.82, 2.24) is 4.90 Å². The van der Waals surface area contributed by atoms with Crippen LogP contribution in [-0.4, -0.2) is 41.9 Å². The van der Waals surface area contributed by atoms with E-state index < -0.39 is 11.8 Å². The van der Waals surface area contributed by atoms with E-state index in [0.29, 0.717) is 6.54 Å². The highest BCUT2D eigenvalue weighted by atomic mass is 16.4. The Hall–Kier alpha value is -0.900. The first kappa shape index (κ1) is 9.19. The summed E-state index contributed by atoms with van der Waals surface area (Å²) in [5.41, 5.74) is 0. The maximum absolute atomic E-state index is 11.0. The smallest absolute Gasteiger partial charge is 0.372 e. The minimum atomic E-state index is -1.30. The molecule has 4 heteroatoms. The highest BCUT2D eigenvalue weighted by Gasteiger charge is 2.28. The van der Waals surface area contributed by atoms with Crippen molar-refractivity contribution in [1.29, 1.82) is 0 Å². The van der Waals surface area contributed by atoms with E-state index in [1.807, 2.05) is 11.9 Å². The number of carboxylic acids is 1. The first-order chi connectivity index (χ1) is 5.61. The van der Waals surface area contributed by atoms with Crippen molar-refractivity contribution in [3.8, 4) is 0 Å². The van der Waals surface area contributed by atoms with Crippen LogP contribution in [-0.2, 0) is 9.59 Å². The number of nitrogens with zero attached hydrogens (tertiary/aromatic N) is 1. The Morgan fingerprint density at radius 3 is 2.67 bits per heavy atom. The van der Waals surface area contributed by atoms with Gasteiger partial charge in [0.1, 0.15) is 0 Å². The molecule has 1 aliphatic heterocycles. The number of hydrogen-bond donors (Lipinski definition) is 1. The molecule has 0 spiro atoms. The molecule has 1 heterocycles. The molecule has 1 N–H and O–H groups in total. The SMILES string of the molecule is CN1CCCC(C(=O)C(=O)O)C1. The van der Waals surface area contributed by atoms with Crippen molar-refractivity contribution >= 4 is 11.8 Å². The topological polar surface area (TPSA) is 57.6 Å². The van der Waals surface area contributed by atoms with Gasteiger partial charge in [-0.1, -0.05) is 0 Å². The maximum atomic E-state index is 11.0. The van der Waals surface area contributed by atoms with Gasteiger partial charge in [-0.2, -0.15) is 0 Å². The Labute approximate surface area is 71.2 Å². The van der Waals surface area contributed by atoms with Crippen molar-refractivity contribution in [3.63, 3.8) is 0 Å². The number of carbonyl (C=O) groups excluding carboxylic acids is 1. The predicted molar refractivity (Wildman–Crippen MR) is 42.9 cm³/mol. The molecule has 1 atom stereocenters. The van der Waals surface area contributed by atoms with Crippen LogP contribution >= 0.6 is 0 Å². The lowest BCUT2D eigenvalue weighted by molar-refractivity contribution is -0.151. The summed E-state index contributed by atoms with van der Waals surface area (Å²) >= 11 is 0. The molecule has 0 amide bonds. The van der Waals surface area contributed by atoms with E-state index in [0.717, 1.165) is 19.4 Å². The Bertz CT molecular complexity index is 202. The van der Waals surface area contributed by atoms with Crippen molar-refractivity contribution in [2.75, 3.05) is 20.1 Å². The average Bonchev–Trinajstić information content (AvgIpc) is 2.03. The summed E-state index contributed by atoms with van der Waals surface area (Å²) in [4.78, 5) is 23.3. The first-order valence-electron chi connectivity index (χ1n) is 4.07. The van der Waals surface area contributed by atoms with Gasteiger partial charge in [0, 0.05) is 12.5 Å². The Kier molecular flexibility index (Phi) is 2.81. The molecule has 1 saturated heterocycles. The molecule has 0 radical (unpaired) electrons. The number of likely N-dealkylation sites (tertiary alicyclic amines) is 1. The molecule has 68 valence electrons. The molecule has 1 aliphatic rings. The van der Waals surface area contributed by atoms with Gasteiger partial charge in [-0.05, 0) is 26.4 Å². The molecular formula is C8H13NO3. The monoisotopic (exact) mass is 171 g/mol. The number of carbonyl (C=O) groups is 2. The zero-order chi connectivity index (χ0) is 9.14. The summed E-state index contributed by atoms with van der Waals surface area (Å²) in [6.45, 7) is 1.55. The summed E-state index contributed by atoms with van der Waals surface area (Å²) < 4.78 is 0. The maximum Gasteiger partial charge on any atom is 0.372 e. The van der Waals surface area contributed by atoms with E-state index in [1.54, 1.807) is 0 Å². The number of carboxylic acid groups (broad SMARTS) is 1. The Balaban J connectivity index is 2.51. The van der Waals surface area contributed by atoms with Crippen molar-refractivity contribution in [3.05, 3.63) is 0 Å². The average molecular weight is 171 g/mol. The largest absolute Gasteiger partial charge is 0.475 e. The lowest BCUT2D eigenvalue weighted by Crippen LogP contribution is -2.38. The van der Waals surface area contributed by atoms with E-state index in [1.165, 1.54) is 0 Å². The van der Waals surface area contributed by atoms with Gasteiger partial charge < -0.3 is 10.0 Å². The fourth-order valence-corrected chi connectivity index (χ4v) is 1.56. The molecule has 1 fully saturated rings. The number of rotatable bonds is 2. The van der Waals surface area contributed by atoms with E-state index in [2.05, 4.69) is 0 Å². The van der Waals surface area contributed by atoms with Crippen LogP contribution in [0.3, 0.4) is 0 Å². The summed E-state index contributed by atoms with van der Waals surface area (Å²) in [6.07, 6.45) is 1.63. The second-order valence-electron chi connectivity index (χ2n) is 3.27. The fraction of sp³-hybridized carbons (Fsp3) is 0.750. The zero-order valence-corrected chi connectivity index (χ0v) is 7.12. The highest BCUT2D eigenvalue weighted by Crippen LogP contribution is 2.15. The van der Waals surface area contributed by atoms with Gasteiger partial charge in [-0.25, -0.2) is 4.79 Å². The van der Waals surface area contributed by atoms with Gasteiger partial charge in [0.05, 0.1) is 0 Å². The standard InChI is InChI=1S/C8H13NO3/c1-9-4-2-3-6(5-9)7(10)8(11)12/h6H,2-5H2,1H3,(H,11,12). The van der Waals surface area contributed by atoms with Crippen molar-refractivity contribution in [2.45, 2.75) is 12.8 Å². The summed E-state index contributed by atoms with van der Waals surface area (Å²) in [5.74, 6) is -2.22. The third-order valence-corrected chi connectivity index (χ3v) is 2.21. The van der Waals surface area contributed by atoms with E-state index >= 15 is 0 Å². The molecule has 0 saturated carbocycles. The van der Waals surface area contributed by atoms with Crippen LogP contribution in [0.4, 0.5) is 0 Å². The number of hydrogen-bond acceptors (Lipinski definition) is 3. The molecule has 4 nitrogen and oxygen atoms in total. The second kappa shape index (κ2) is 3.67. The van der Waals surface area contributed by atoms with E-state index in [9.17, 15) is 9.59 Å². The third kappa shape index (κ3) is 2.04. The quantitative estimate of drug-likeness (QED) is 0.593. The number of ketones is 1. The van der Waals surface area contributed by atoms with Gasteiger partial charge in [0.2, 0.25) is 5.78 Å². The van der Waals surface area contributed by atoms with E-state index in [4.69, 9.17) is 5.11 Å². The summed E-state index contributed by atoms with van der Waals surface area (Å²) in [7, 11) is 1.90. The zero-order valence-electron chi connectivity index (χ0n) is 7.12. The molecule has 12 heavy (non-hydrogen) atoms. The van der Waals surface area contributed by atoms with Crippen molar-refractivity contribution in [2.24, 2.45) is 5.92 Å². The molecule has 1 rings (SSSR count). The number of piperidine rings is 1. The van der Waals surface area contributed by atoms with Gasteiger partial charge in [0.25, 0.3) is 0 Å². The molecule has 0 aliphatic carbocycles. The van der Waals surface area contributed by atoms with Gasteiger partial charge >= 0.3 is 5.97 Å². The van der Waals surface area contributed by atoms with Crippen LogP contribution < -0.4 is 0 Å². The predicted octanol–water partition coefficient (Wildman–Crippen LogP) is -0.0181. The summed E-state index contributed by atoms with van der Waals surface area (Å²) in [5, 5.41) is 8.45. The lowest BCUT2D eigenvalue weighted by atomic mass is 9.94. The number of aliphatic carboxylic acids is 1. The molecule has 1 unspecified atom stereocenters. The van der Waals surface area contributed by atoms with E-state index in [-0.39, 0.29) is 5.92 Å². The van der Waals surface area contributed by atoms with Gasteiger partial charge in [-0.3, -0.25) is 4.79 Å². The van der Waals surface area contributed by atoms with Crippen LogP contribution in [0, 0.1) is 5.92 Å². The van der Waals surface area contributed by atoms with Crippen molar-refractivity contribution < 1.29 is 14.7 Å². The minimum Gasteiger partial charge on any atom is -0.475 e. The van der Waals surface area contributed by atoms with Gasteiger partial charge in [-0.15, -0.1) is 0 Å². The third-order valence-electron chi connectivity index (χ3n) is 2.21. The van der Waals surface area contributed by atoms with Gasteiger partial charge in [0.15, 0.2) is 0 Å². The van der Waals surface area contributed by atoms with Crippen LogP contribution in [0.1, 0.15) is 12.8 Å². The normalized spacial score (nSPS) is 25.2. The Morgan fingerprint density at radius 2 is 2.17 bits per heavy atom. The second-order valence-corrected chi connectivity index (χ2v) is 3.27. The number of Topliss-reactive ketones (excluding diaryl/α,β-unsaturated/α-hetero) is 1. The van der Waals surface area contributed by atoms with Crippen LogP contribution in [0.15, 0.2) is 0 Å². The lowest BCUT2D eigenvalue weighted by Gasteiger charge is -2.27. The molecule has 0 bridgehead atoms. The Morgan fingerprint density at radius 1 is 1.50 bits per heavy atom. The van der Waals surface area contributed by atoms with Crippen LogP contribution in [0.5, 0.6) is 0 Å². The molecule has 0 aromatic heterocycles. The highest BCUT2D eigenvalue weighted by molar-refractivity contribution is 6.33. The molecule has 0 aromatic rings. The summed E-state index contributed by atoms with van der Waals surface area (Å²) in [6, 6.07) is 0. The van der Waals surface area contributed by atoms with Crippen LogP contribution in [0.25, 0.3) is 0 Å². The fourth-order valence-electron chi connectivity index (χ4n) is 1.56. The molecular weight excluding hydrogens is 158 g/mol. The molecule has 0 aromatic carbocycles. The van der Waals surface area contributed by atoms with Crippen LogP contribution in [0.2, 0.25) is 0 Å². The minimum absolute atomic E-state index is 0.291. The first-order valence-corrected chi connectivity index (χ1v) is 4.07.